The highest BCUT2D eigenvalue weighted by Crippen LogP contribution is 2.29. The number of amides is 1. The van der Waals surface area contributed by atoms with E-state index < -0.39 is 5.97 Å². The van der Waals surface area contributed by atoms with Crippen LogP contribution in [0.2, 0.25) is 0 Å². The summed E-state index contributed by atoms with van der Waals surface area (Å²) in [4.78, 5) is 25.7. The van der Waals surface area contributed by atoms with Gasteiger partial charge < -0.3 is 19.4 Å². The average Bonchev–Trinajstić information content (AvgIpc) is 3.41. The first-order valence-corrected chi connectivity index (χ1v) is 13.1. The van der Waals surface area contributed by atoms with Crippen molar-refractivity contribution in [1.82, 2.24) is 14.8 Å². The molecule has 34 heavy (non-hydrogen) atoms. The predicted octanol–water partition coefficient (Wildman–Crippen LogP) is 5.42. The zero-order valence-electron chi connectivity index (χ0n) is 19.9. The second-order valence-corrected chi connectivity index (χ2v) is 9.63. The number of hydrogen-bond donors (Lipinski definition) is 1. The van der Waals surface area contributed by atoms with Crippen molar-refractivity contribution < 1.29 is 19.1 Å². The molecule has 0 bridgehead atoms. The first-order valence-electron chi connectivity index (χ1n) is 11.3. The zero-order chi connectivity index (χ0) is 24.5. The van der Waals surface area contributed by atoms with E-state index in [9.17, 15) is 9.59 Å². The highest BCUT2D eigenvalue weighted by Gasteiger charge is 2.19. The van der Waals surface area contributed by atoms with Crippen molar-refractivity contribution in [3.63, 3.8) is 0 Å². The molecule has 3 rings (SSSR count). The zero-order valence-corrected chi connectivity index (χ0v) is 21.6. The van der Waals surface area contributed by atoms with E-state index >= 15 is 0 Å². The van der Waals surface area contributed by atoms with E-state index in [2.05, 4.69) is 22.4 Å². The van der Waals surface area contributed by atoms with Crippen LogP contribution in [0.1, 0.15) is 48.8 Å². The Morgan fingerprint density at radius 2 is 1.91 bits per heavy atom. The standard InChI is InChI=1S/C24H30N4O4S2/c1-5-8-13-32-18-11-9-17(10-12-18)21-26-27-24(28(21)6-2)33-15-20(29)25-22-19(14-16(4)34-22)23(30)31-7-3/h9-12,14H,5-8,13,15H2,1-4H3,(H,25,29). The summed E-state index contributed by atoms with van der Waals surface area (Å²) in [5.74, 6) is 1.05. The minimum atomic E-state index is -0.438. The monoisotopic (exact) mass is 502 g/mol. The summed E-state index contributed by atoms with van der Waals surface area (Å²) in [6.07, 6.45) is 2.12. The molecule has 3 aromatic rings. The number of carbonyl (C=O) groups is 2. The highest BCUT2D eigenvalue weighted by molar-refractivity contribution is 7.99. The molecule has 2 heterocycles. The second-order valence-electron chi connectivity index (χ2n) is 7.43. The molecule has 0 saturated carbocycles. The summed E-state index contributed by atoms with van der Waals surface area (Å²) in [6.45, 7) is 9.42. The maximum atomic E-state index is 12.6. The van der Waals surface area contributed by atoms with Gasteiger partial charge in [0, 0.05) is 17.0 Å². The van der Waals surface area contributed by atoms with E-state index in [4.69, 9.17) is 9.47 Å². The number of benzene rings is 1. The third kappa shape index (κ3) is 6.60. The second kappa shape index (κ2) is 12.6. The van der Waals surface area contributed by atoms with Crippen molar-refractivity contribution in [2.75, 3.05) is 24.3 Å². The highest BCUT2D eigenvalue weighted by atomic mass is 32.2. The van der Waals surface area contributed by atoms with Crippen LogP contribution in [0.5, 0.6) is 5.75 Å². The number of thioether (sulfide) groups is 1. The first kappa shape index (κ1) is 25.8. The van der Waals surface area contributed by atoms with Crippen molar-refractivity contribution in [3.05, 3.63) is 40.8 Å². The van der Waals surface area contributed by atoms with E-state index in [1.165, 1.54) is 23.1 Å². The van der Waals surface area contributed by atoms with Crippen LogP contribution in [0, 0.1) is 6.92 Å². The Labute approximate surface area is 208 Å². The summed E-state index contributed by atoms with van der Waals surface area (Å²) in [5.41, 5.74) is 1.31. The summed E-state index contributed by atoms with van der Waals surface area (Å²) in [7, 11) is 0. The number of esters is 1. The Morgan fingerprint density at radius 3 is 2.59 bits per heavy atom. The number of thiophene rings is 1. The molecular formula is C24H30N4O4S2. The molecule has 182 valence electrons. The molecule has 0 aliphatic carbocycles. The van der Waals surface area contributed by atoms with Crippen LogP contribution in [0.4, 0.5) is 5.00 Å². The van der Waals surface area contributed by atoms with Crippen molar-refractivity contribution in [3.8, 4) is 17.1 Å². The topological polar surface area (TPSA) is 95.3 Å². The maximum absolute atomic E-state index is 12.6. The molecule has 0 unspecified atom stereocenters. The van der Waals surface area contributed by atoms with E-state index in [0.29, 0.717) is 28.9 Å². The van der Waals surface area contributed by atoms with Crippen LogP contribution in [-0.2, 0) is 16.1 Å². The number of aryl methyl sites for hydroxylation is 1. The summed E-state index contributed by atoms with van der Waals surface area (Å²) >= 11 is 2.65. The van der Waals surface area contributed by atoms with Crippen LogP contribution in [0.3, 0.4) is 0 Å². The fourth-order valence-electron chi connectivity index (χ4n) is 3.19. The van der Waals surface area contributed by atoms with Gasteiger partial charge in [-0.1, -0.05) is 25.1 Å². The van der Waals surface area contributed by atoms with Gasteiger partial charge in [0.25, 0.3) is 0 Å². The lowest BCUT2D eigenvalue weighted by molar-refractivity contribution is -0.113. The van der Waals surface area contributed by atoms with Crippen LogP contribution in [0.15, 0.2) is 35.5 Å². The Balaban J connectivity index is 1.64. The van der Waals surface area contributed by atoms with Gasteiger partial charge in [-0.3, -0.25) is 4.79 Å². The number of hydrogen-bond acceptors (Lipinski definition) is 8. The molecule has 1 aromatic carbocycles. The van der Waals surface area contributed by atoms with Gasteiger partial charge in [0.15, 0.2) is 11.0 Å². The molecule has 0 spiro atoms. The Hall–Kier alpha value is -2.85. The van der Waals surface area contributed by atoms with Crippen LogP contribution < -0.4 is 10.1 Å². The van der Waals surface area contributed by atoms with E-state index in [1.807, 2.05) is 42.7 Å². The van der Waals surface area contributed by atoms with E-state index in [0.717, 1.165) is 34.9 Å². The first-order chi connectivity index (χ1) is 16.5. The molecule has 0 aliphatic heterocycles. The number of unbranched alkanes of at least 4 members (excludes halogenated alkanes) is 1. The molecule has 0 radical (unpaired) electrons. The Kier molecular flexibility index (Phi) is 9.52. The number of anilines is 1. The smallest absolute Gasteiger partial charge is 0.341 e. The number of rotatable bonds is 12. The fraction of sp³-hybridized carbons (Fsp3) is 0.417. The molecule has 1 amide bonds. The number of carbonyl (C=O) groups excluding carboxylic acids is 2. The largest absolute Gasteiger partial charge is 0.494 e. The lowest BCUT2D eigenvalue weighted by Gasteiger charge is -2.09. The van der Waals surface area contributed by atoms with Crippen LogP contribution in [0.25, 0.3) is 11.4 Å². The molecule has 10 heteroatoms. The van der Waals surface area contributed by atoms with Crippen LogP contribution >= 0.6 is 23.1 Å². The van der Waals surface area contributed by atoms with Crippen molar-refractivity contribution in [2.45, 2.75) is 52.2 Å². The van der Waals surface area contributed by atoms with Gasteiger partial charge in [-0.05, 0) is 57.5 Å². The quantitative estimate of drug-likeness (QED) is 0.201. The Morgan fingerprint density at radius 1 is 1.15 bits per heavy atom. The molecule has 0 atom stereocenters. The molecule has 2 aromatic heterocycles. The number of ether oxygens (including phenoxy) is 2. The minimum absolute atomic E-state index is 0.140. The van der Waals surface area contributed by atoms with Crippen LogP contribution in [-0.4, -0.2) is 45.6 Å². The van der Waals surface area contributed by atoms with E-state index in [1.54, 1.807) is 13.0 Å². The van der Waals surface area contributed by atoms with Gasteiger partial charge in [0.1, 0.15) is 10.8 Å². The van der Waals surface area contributed by atoms with Gasteiger partial charge >= 0.3 is 5.97 Å². The number of aromatic nitrogens is 3. The van der Waals surface area contributed by atoms with Crippen molar-refractivity contribution in [1.29, 1.82) is 0 Å². The lowest BCUT2D eigenvalue weighted by Crippen LogP contribution is -2.16. The van der Waals surface area contributed by atoms with Gasteiger partial charge in [-0.25, -0.2) is 4.79 Å². The molecule has 1 N–H and O–H groups in total. The number of nitrogens with one attached hydrogen (secondary N) is 1. The maximum Gasteiger partial charge on any atom is 0.341 e. The summed E-state index contributed by atoms with van der Waals surface area (Å²) < 4.78 is 12.8. The van der Waals surface area contributed by atoms with Gasteiger partial charge in [0.05, 0.1) is 24.5 Å². The molecular weight excluding hydrogens is 472 g/mol. The number of nitrogens with zero attached hydrogens (tertiary/aromatic N) is 3. The molecule has 8 nitrogen and oxygen atoms in total. The molecule has 0 aliphatic rings. The van der Waals surface area contributed by atoms with Crippen molar-refractivity contribution in [2.24, 2.45) is 0 Å². The predicted molar refractivity (Wildman–Crippen MR) is 136 cm³/mol. The third-order valence-corrected chi connectivity index (χ3v) is 6.78. The molecule has 0 fully saturated rings. The summed E-state index contributed by atoms with van der Waals surface area (Å²) in [5, 5.41) is 12.6. The van der Waals surface area contributed by atoms with Gasteiger partial charge in [-0.15, -0.1) is 21.5 Å². The third-order valence-electron chi connectivity index (χ3n) is 4.85. The normalized spacial score (nSPS) is 10.8. The molecule has 0 saturated heterocycles. The average molecular weight is 503 g/mol. The van der Waals surface area contributed by atoms with E-state index in [-0.39, 0.29) is 18.3 Å². The van der Waals surface area contributed by atoms with Gasteiger partial charge in [-0.2, -0.15) is 0 Å². The van der Waals surface area contributed by atoms with Gasteiger partial charge in [0.2, 0.25) is 5.91 Å². The minimum Gasteiger partial charge on any atom is -0.494 e. The Bertz CT molecular complexity index is 1110. The lowest BCUT2D eigenvalue weighted by atomic mass is 10.2. The van der Waals surface area contributed by atoms with Crippen molar-refractivity contribution >= 4 is 40.0 Å². The SMILES string of the molecule is CCCCOc1ccc(-c2nnc(SCC(=O)Nc3sc(C)cc3C(=O)OCC)n2CC)cc1. The fourth-order valence-corrected chi connectivity index (χ4v) is 4.91. The summed E-state index contributed by atoms with van der Waals surface area (Å²) in [6, 6.07) is 9.53.